The molecule has 1 aliphatic heterocycles. The van der Waals surface area contributed by atoms with Gasteiger partial charge in [-0.2, -0.15) is 0 Å². The minimum absolute atomic E-state index is 0.0942. The summed E-state index contributed by atoms with van der Waals surface area (Å²) in [4.78, 5) is 15.5. The number of anilines is 1. The first-order chi connectivity index (χ1) is 19.6. The van der Waals surface area contributed by atoms with E-state index in [0.29, 0.717) is 34.2 Å². The number of ether oxygens (including phenoxy) is 3. The largest absolute Gasteiger partial charge is 0.493 e. The molecule has 222 valence electrons. The number of para-hydroxylation sites is 1. The van der Waals surface area contributed by atoms with Crippen molar-refractivity contribution in [1.29, 1.82) is 10.8 Å². The predicted octanol–water partition coefficient (Wildman–Crippen LogP) is 7.41. The van der Waals surface area contributed by atoms with Crippen molar-refractivity contribution >= 4 is 58.5 Å². The summed E-state index contributed by atoms with van der Waals surface area (Å²) in [6.07, 6.45) is 1.38. The SMILES string of the molecule is CCCc1cnc(C)s1.COC=O.COc1cccc([C@H]2SCC(=N)N(C(=N)C(F)F)c3ccc(Cl)cc32)c1OC. The molecule has 13 heteroatoms. The van der Waals surface area contributed by atoms with E-state index >= 15 is 0 Å². The van der Waals surface area contributed by atoms with Gasteiger partial charge in [-0.25, -0.2) is 13.8 Å². The van der Waals surface area contributed by atoms with E-state index in [1.807, 2.05) is 25.3 Å². The van der Waals surface area contributed by atoms with Crippen molar-refractivity contribution in [2.75, 3.05) is 32.0 Å². The molecule has 1 atom stereocenters. The standard InChI is InChI=1S/C19H18ClF2N3O2S.C7H11NS.C2H4O2/c1-26-14-5-3-4-11(16(14)27-2)17-12-8-10(20)6-7-13(12)25(15(23)9-28-17)19(24)18(21)22;1-3-4-7-5-8-6(2)9-7;1-4-2-3/h3-8,17-18,23-24H,9H2,1-2H3;5H,3-4H2,1-2H3;2H,1H3/t17-;;/m1../s1. The van der Waals surface area contributed by atoms with E-state index in [4.69, 9.17) is 36.7 Å². The number of aromatic nitrogens is 1. The van der Waals surface area contributed by atoms with Crippen molar-refractivity contribution < 1.29 is 27.8 Å². The average Bonchev–Trinajstić information content (AvgIpc) is 3.32. The van der Waals surface area contributed by atoms with Gasteiger partial charge in [0.2, 0.25) is 0 Å². The first kappa shape index (κ1) is 34.0. The van der Waals surface area contributed by atoms with Crippen LogP contribution in [0.3, 0.4) is 0 Å². The van der Waals surface area contributed by atoms with Crippen molar-refractivity contribution in [3.05, 3.63) is 68.6 Å². The van der Waals surface area contributed by atoms with E-state index in [0.717, 1.165) is 10.5 Å². The molecule has 0 radical (unpaired) electrons. The summed E-state index contributed by atoms with van der Waals surface area (Å²) in [5.41, 5.74) is 1.73. The summed E-state index contributed by atoms with van der Waals surface area (Å²) in [5, 5.41) is 17.3. The van der Waals surface area contributed by atoms with Gasteiger partial charge in [-0.05, 0) is 43.2 Å². The fourth-order valence-corrected chi connectivity index (χ4v) is 6.18. The number of halogens is 3. The number of hydrogen-bond acceptors (Lipinski definition) is 9. The lowest BCUT2D eigenvalue weighted by molar-refractivity contribution is -0.126. The Morgan fingerprint density at radius 3 is 2.46 bits per heavy atom. The van der Waals surface area contributed by atoms with Crippen molar-refractivity contribution in [3.63, 3.8) is 0 Å². The number of amidine groups is 2. The molecule has 8 nitrogen and oxygen atoms in total. The molecule has 1 aromatic heterocycles. The summed E-state index contributed by atoms with van der Waals surface area (Å²) >= 11 is 9.38. The lowest BCUT2D eigenvalue weighted by Crippen LogP contribution is -2.40. The zero-order valence-corrected chi connectivity index (χ0v) is 25.8. The lowest BCUT2D eigenvalue weighted by Gasteiger charge is -2.26. The molecule has 0 saturated heterocycles. The highest BCUT2D eigenvalue weighted by Crippen LogP contribution is 2.49. The predicted molar refractivity (Wildman–Crippen MR) is 163 cm³/mol. The molecule has 1 aliphatic rings. The Hall–Kier alpha value is -3.22. The van der Waals surface area contributed by atoms with Crippen LogP contribution in [0.15, 0.2) is 42.6 Å². The molecule has 2 heterocycles. The maximum Gasteiger partial charge on any atom is 0.295 e. The zero-order valence-electron chi connectivity index (χ0n) is 23.4. The van der Waals surface area contributed by atoms with Gasteiger partial charge in [0.05, 0.1) is 43.0 Å². The first-order valence-electron chi connectivity index (χ1n) is 12.4. The number of carbonyl (C=O) groups is 1. The van der Waals surface area contributed by atoms with E-state index < -0.39 is 12.3 Å². The molecule has 2 aromatic carbocycles. The number of fused-ring (bicyclic) bond motifs is 1. The minimum atomic E-state index is -3.00. The fraction of sp³-hybridized carbons (Fsp3) is 0.357. The van der Waals surface area contributed by atoms with Gasteiger partial charge in [0.25, 0.3) is 12.9 Å². The quantitative estimate of drug-likeness (QED) is 0.160. The molecule has 2 N–H and O–H groups in total. The molecule has 0 amide bonds. The van der Waals surface area contributed by atoms with Crippen molar-refractivity contribution in [1.82, 2.24) is 4.98 Å². The first-order valence-corrected chi connectivity index (χ1v) is 14.6. The van der Waals surface area contributed by atoms with Gasteiger partial charge in [0.1, 0.15) is 5.84 Å². The van der Waals surface area contributed by atoms with Crippen molar-refractivity contribution in [2.45, 2.75) is 38.4 Å². The molecule has 0 aliphatic carbocycles. The Balaban J connectivity index is 0.000000374. The molecular weight excluding hydrogens is 594 g/mol. The van der Waals surface area contributed by atoms with Crippen LogP contribution in [0, 0.1) is 17.7 Å². The number of nitrogens with one attached hydrogen (secondary N) is 2. The van der Waals surface area contributed by atoms with Crippen LogP contribution in [0.4, 0.5) is 14.5 Å². The van der Waals surface area contributed by atoms with E-state index in [-0.39, 0.29) is 16.8 Å². The van der Waals surface area contributed by atoms with Gasteiger partial charge in [0.15, 0.2) is 17.3 Å². The van der Waals surface area contributed by atoms with Gasteiger partial charge < -0.3 is 14.2 Å². The topological polar surface area (TPSA) is 109 Å². The number of aryl methyl sites for hydroxylation is 2. The monoisotopic (exact) mass is 626 g/mol. The number of alkyl halides is 2. The number of rotatable bonds is 7. The number of hydrogen-bond donors (Lipinski definition) is 2. The van der Waals surface area contributed by atoms with Gasteiger partial charge in [-0.15, -0.1) is 23.1 Å². The number of benzene rings is 2. The highest BCUT2D eigenvalue weighted by molar-refractivity contribution is 8.00. The molecule has 41 heavy (non-hydrogen) atoms. The highest BCUT2D eigenvalue weighted by atomic mass is 35.5. The van der Waals surface area contributed by atoms with E-state index in [2.05, 4.69) is 16.6 Å². The lowest BCUT2D eigenvalue weighted by atomic mass is 10.00. The minimum Gasteiger partial charge on any atom is -0.493 e. The van der Waals surface area contributed by atoms with Crippen molar-refractivity contribution in [3.8, 4) is 11.5 Å². The van der Waals surface area contributed by atoms with Gasteiger partial charge in [0, 0.05) is 21.7 Å². The fourth-order valence-electron chi connectivity index (χ4n) is 3.92. The second-order valence-corrected chi connectivity index (χ2v) is 11.2. The Bertz CT molecular complexity index is 1330. The van der Waals surface area contributed by atoms with E-state index in [9.17, 15) is 8.78 Å². The third kappa shape index (κ3) is 9.14. The third-order valence-corrected chi connectivity index (χ3v) is 8.08. The van der Waals surface area contributed by atoms with Crippen LogP contribution < -0.4 is 14.4 Å². The van der Waals surface area contributed by atoms with Crippen LogP contribution in [0.2, 0.25) is 5.02 Å². The number of thioether (sulfide) groups is 1. The van der Waals surface area contributed by atoms with Crippen LogP contribution >= 0.6 is 34.7 Å². The number of carbonyl (C=O) groups excluding carboxylic acids is 1. The van der Waals surface area contributed by atoms with E-state index in [1.165, 1.54) is 55.8 Å². The van der Waals surface area contributed by atoms with Crippen LogP contribution in [0.5, 0.6) is 11.5 Å². The number of methoxy groups -OCH3 is 3. The Morgan fingerprint density at radius 1 is 1.22 bits per heavy atom. The second-order valence-electron chi connectivity index (χ2n) is 8.37. The van der Waals surface area contributed by atoms with Crippen LogP contribution in [-0.2, 0) is 16.0 Å². The van der Waals surface area contributed by atoms with Crippen molar-refractivity contribution in [2.24, 2.45) is 0 Å². The van der Waals surface area contributed by atoms with Gasteiger partial charge in [-0.1, -0.05) is 37.1 Å². The summed E-state index contributed by atoms with van der Waals surface area (Å²) in [7, 11) is 4.38. The molecule has 3 aromatic rings. The molecule has 0 fully saturated rings. The zero-order chi connectivity index (χ0) is 30.5. The Kier molecular flexibility index (Phi) is 14.0. The maximum absolute atomic E-state index is 13.3. The average molecular weight is 627 g/mol. The maximum atomic E-state index is 13.3. The molecule has 0 saturated carbocycles. The van der Waals surface area contributed by atoms with Gasteiger partial charge >= 0.3 is 0 Å². The van der Waals surface area contributed by atoms with Crippen LogP contribution in [-0.4, -0.2) is 56.6 Å². The molecule has 0 unspecified atom stereocenters. The molecule has 4 rings (SSSR count). The van der Waals surface area contributed by atoms with Crippen LogP contribution in [0.1, 0.15) is 39.6 Å². The summed E-state index contributed by atoms with van der Waals surface area (Å²) in [6, 6.07) is 10.3. The highest BCUT2D eigenvalue weighted by Gasteiger charge is 2.34. The summed E-state index contributed by atoms with van der Waals surface area (Å²) < 4.78 is 41.4. The smallest absolute Gasteiger partial charge is 0.295 e. The van der Waals surface area contributed by atoms with E-state index in [1.54, 1.807) is 35.6 Å². The third-order valence-electron chi connectivity index (χ3n) is 5.59. The number of thiazole rings is 1. The molecule has 0 bridgehead atoms. The normalized spacial score (nSPS) is 14.0. The Morgan fingerprint density at radius 2 is 1.93 bits per heavy atom. The molecular formula is C28H33ClF2N4O4S2. The Labute approximate surface area is 252 Å². The number of nitrogens with zero attached hydrogens (tertiary/aromatic N) is 2. The molecule has 0 spiro atoms. The summed E-state index contributed by atoms with van der Waals surface area (Å²) in [6.45, 7) is 4.61. The van der Waals surface area contributed by atoms with Gasteiger partial charge in [-0.3, -0.25) is 20.5 Å². The second kappa shape index (κ2) is 16.9. The summed E-state index contributed by atoms with van der Waals surface area (Å²) in [5.74, 6) is 0.167. The van der Waals surface area contributed by atoms with Crippen LogP contribution in [0.25, 0.3) is 0 Å².